The van der Waals surface area contributed by atoms with E-state index in [0.29, 0.717) is 0 Å². The van der Waals surface area contributed by atoms with Crippen molar-refractivity contribution >= 4 is 12.4 Å². The van der Waals surface area contributed by atoms with Crippen molar-refractivity contribution in [1.29, 1.82) is 0 Å². The Morgan fingerprint density at radius 3 is 2.80 bits per heavy atom. The first kappa shape index (κ1) is 9.37. The number of allylic oxidation sites excluding steroid dienone is 2. The van der Waals surface area contributed by atoms with Crippen molar-refractivity contribution in [2.75, 3.05) is 6.54 Å². The fourth-order valence-corrected chi connectivity index (χ4v) is 0.819. The van der Waals surface area contributed by atoms with Gasteiger partial charge in [0.05, 0.1) is 0 Å². The third kappa shape index (κ3) is 2.31. The molecule has 0 fully saturated rings. The van der Waals surface area contributed by atoms with E-state index in [1.165, 1.54) is 5.57 Å². The standard InChI is InChI=1S/C7H11NO.ClH/c1-2-6-3-4-8-7(9)5-6;/h3,5,8-9H,2,4H2,1H3;1H. The Morgan fingerprint density at radius 1 is 1.70 bits per heavy atom. The number of hydrogen-bond acceptors (Lipinski definition) is 2. The van der Waals surface area contributed by atoms with Crippen LogP contribution in [0.2, 0.25) is 0 Å². The normalized spacial score (nSPS) is 16.1. The van der Waals surface area contributed by atoms with Crippen molar-refractivity contribution in [1.82, 2.24) is 5.32 Å². The predicted octanol–water partition coefficient (Wildman–Crippen LogP) is 1.75. The summed E-state index contributed by atoms with van der Waals surface area (Å²) < 4.78 is 0. The molecule has 0 saturated carbocycles. The number of aliphatic hydroxyl groups is 1. The van der Waals surface area contributed by atoms with Gasteiger partial charge in [-0.3, -0.25) is 0 Å². The molecule has 0 aromatic carbocycles. The van der Waals surface area contributed by atoms with Crippen LogP contribution in [0.25, 0.3) is 0 Å². The molecule has 2 N–H and O–H groups in total. The van der Waals surface area contributed by atoms with E-state index in [4.69, 9.17) is 5.11 Å². The highest BCUT2D eigenvalue weighted by Gasteiger charge is 1.98. The third-order valence-corrected chi connectivity index (χ3v) is 1.38. The minimum Gasteiger partial charge on any atom is -0.495 e. The third-order valence-electron chi connectivity index (χ3n) is 1.38. The van der Waals surface area contributed by atoms with Gasteiger partial charge in [0.15, 0.2) is 5.88 Å². The Morgan fingerprint density at radius 2 is 2.40 bits per heavy atom. The average Bonchev–Trinajstić information content (AvgIpc) is 1.88. The van der Waals surface area contributed by atoms with Gasteiger partial charge in [-0.2, -0.15) is 0 Å². The first-order valence-corrected chi connectivity index (χ1v) is 3.16. The minimum absolute atomic E-state index is 0. The van der Waals surface area contributed by atoms with Crippen LogP contribution in [0.15, 0.2) is 23.6 Å². The first-order valence-electron chi connectivity index (χ1n) is 3.16. The van der Waals surface area contributed by atoms with Crippen molar-refractivity contribution in [3.8, 4) is 0 Å². The summed E-state index contributed by atoms with van der Waals surface area (Å²) in [5, 5.41) is 11.7. The molecule has 0 aromatic rings. The lowest BCUT2D eigenvalue weighted by molar-refractivity contribution is 0.367. The lowest BCUT2D eigenvalue weighted by Crippen LogP contribution is -2.16. The van der Waals surface area contributed by atoms with E-state index in [0.717, 1.165) is 13.0 Å². The smallest absolute Gasteiger partial charge is 0.184 e. The summed E-state index contributed by atoms with van der Waals surface area (Å²) in [6.07, 6.45) is 4.81. The molecule has 0 unspecified atom stereocenters. The van der Waals surface area contributed by atoms with Crippen LogP contribution in [0, 0.1) is 0 Å². The van der Waals surface area contributed by atoms with E-state index in [1.54, 1.807) is 6.08 Å². The zero-order chi connectivity index (χ0) is 6.69. The van der Waals surface area contributed by atoms with Crippen LogP contribution >= 0.6 is 12.4 Å². The first-order chi connectivity index (χ1) is 4.33. The molecule has 1 heterocycles. The van der Waals surface area contributed by atoms with E-state index >= 15 is 0 Å². The van der Waals surface area contributed by atoms with E-state index in [9.17, 15) is 0 Å². The zero-order valence-electron chi connectivity index (χ0n) is 5.92. The molecule has 0 bridgehead atoms. The van der Waals surface area contributed by atoms with Crippen LogP contribution in [0.3, 0.4) is 0 Å². The molecule has 1 aliphatic rings. The summed E-state index contributed by atoms with van der Waals surface area (Å²) in [4.78, 5) is 0. The molecule has 0 saturated heterocycles. The monoisotopic (exact) mass is 161 g/mol. The number of aliphatic hydroxyl groups excluding tert-OH is 1. The highest BCUT2D eigenvalue weighted by Crippen LogP contribution is 2.06. The van der Waals surface area contributed by atoms with Crippen molar-refractivity contribution in [2.24, 2.45) is 0 Å². The van der Waals surface area contributed by atoms with Gasteiger partial charge in [-0.15, -0.1) is 12.4 Å². The van der Waals surface area contributed by atoms with E-state index < -0.39 is 0 Å². The second-order valence-electron chi connectivity index (χ2n) is 2.04. The highest BCUT2D eigenvalue weighted by atomic mass is 35.5. The Labute approximate surface area is 67.0 Å². The fraction of sp³-hybridized carbons (Fsp3) is 0.429. The van der Waals surface area contributed by atoms with Gasteiger partial charge in [-0.25, -0.2) is 0 Å². The molecule has 10 heavy (non-hydrogen) atoms. The summed E-state index contributed by atoms with van der Waals surface area (Å²) in [6.45, 7) is 2.83. The molecule has 0 radical (unpaired) electrons. The second kappa shape index (κ2) is 4.23. The zero-order valence-corrected chi connectivity index (χ0v) is 6.74. The minimum atomic E-state index is 0. The van der Waals surface area contributed by atoms with Crippen molar-refractivity contribution in [3.05, 3.63) is 23.6 Å². The van der Waals surface area contributed by atoms with Crippen LogP contribution in [-0.2, 0) is 0 Å². The Bertz CT molecular complexity index is 163. The summed E-state index contributed by atoms with van der Waals surface area (Å²) in [5.41, 5.74) is 1.20. The molecule has 0 aliphatic carbocycles. The molecule has 1 aliphatic heterocycles. The van der Waals surface area contributed by atoms with Crippen molar-refractivity contribution in [3.63, 3.8) is 0 Å². The van der Waals surface area contributed by atoms with Crippen LogP contribution in [-0.4, -0.2) is 11.7 Å². The molecule has 0 amide bonds. The molecule has 0 aromatic heterocycles. The Hall–Kier alpha value is -0.630. The second-order valence-corrected chi connectivity index (χ2v) is 2.04. The molecule has 2 nitrogen and oxygen atoms in total. The summed E-state index contributed by atoms with van der Waals surface area (Å²) >= 11 is 0. The van der Waals surface area contributed by atoms with Crippen molar-refractivity contribution < 1.29 is 5.11 Å². The topological polar surface area (TPSA) is 32.3 Å². The van der Waals surface area contributed by atoms with Gasteiger partial charge in [-0.1, -0.05) is 13.0 Å². The summed E-state index contributed by atoms with van der Waals surface area (Å²) in [6, 6.07) is 0. The van der Waals surface area contributed by atoms with E-state index in [1.807, 2.05) is 0 Å². The Balaban J connectivity index is 0.000000810. The van der Waals surface area contributed by atoms with E-state index in [2.05, 4.69) is 18.3 Å². The van der Waals surface area contributed by atoms with Crippen LogP contribution in [0.1, 0.15) is 13.3 Å². The van der Waals surface area contributed by atoms with Crippen molar-refractivity contribution in [2.45, 2.75) is 13.3 Å². The van der Waals surface area contributed by atoms with Crippen LogP contribution in [0.4, 0.5) is 0 Å². The number of hydrogen-bond donors (Lipinski definition) is 2. The predicted molar refractivity (Wildman–Crippen MR) is 44.3 cm³/mol. The maximum absolute atomic E-state index is 8.92. The van der Waals surface area contributed by atoms with Crippen LogP contribution < -0.4 is 5.32 Å². The average molecular weight is 162 g/mol. The Kier molecular flexibility index (Phi) is 3.96. The van der Waals surface area contributed by atoms with Gasteiger partial charge < -0.3 is 10.4 Å². The SMILES string of the molecule is CCC1=CCNC(O)=C1.Cl. The maximum Gasteiger partial charge on any atom is 0.184 e. The fourth-order valence-electron chi connectivity index (χ4n) is 0.819. The quantitative estimate of drug-likeness (QED) is 0.614. The molecule has 0 atom stereocenters. The van der Waals surface area contributed by atoms with Gasteiger partial charge in [0, 0.05) is 12.6 Å². The van der Waals surface area contributed by atoms with Gasteiger partial charge in [0.2, 0.25) is 0 Å². The number of nitrogens with one attached hydrogen (secondary N) is 1. The number of halogens is 1. The van der Waals surface area contributed by atoms with Crippen LogP contribution in [0.5, 0.6) is 0 Å². The highest BCUT2D eigenvalue weighted by molar-refractivity contribution is 5.85. The lowest BCUT2D eigenvalue weighted by Gasteiger charge is -2.08. The van der Waals surface area contributed by atoms with E-state index in [-0.39, 0.29) is 18.3 Å². The molecule has 0 spiro atoms. The number of rotatable bonds is 1. The largest absolute Gasteiger partial charge is 0.495 e. The molecular weight excluding hydrogens is 150 g/mol. The number of dihydropyridines is 1. The van der Waals surface area contributed by atoms with Gasteiger partial charge in [0.25, 0.3) is 0 Å². The molecule has 1 rings (SSSR count). The molecular formula is C7H12ClNO. The molecule has 58 valence electrons. The van der Waals surface area contributed by atoms with Gasteiger partial charge in [-0.05, 0) is 12.0 Å². The summed E-state index contributed by atoms with van der Waals surface area (Å²) in [7, 11) is 0. The van der Waals surface area contributed by atoms with Gasteiger partial charge >= 0.3 is 0 Å². The van der Waals surface area contributed by atoms with Gasteiger partial charge in [0.1, 0.15) is 0 Å². The lowest BCUT2D eigenvalue weighted by atomic mass is 10.1. The molecule has 3 heteroatoms. The maximum atomic E-state index is 8.92. The summed E-state index contributed by atoms with van der Waals surface area (Å²) in [5.74, 6) is 0.286.